The molecule has 1 saturated carbocycles. The van der Waals surface area contributed by atoms with Gasteiger partial charge in [-0.25, -0.2) is 0 Å². The van der Waals surface area contributed by atoms with E-state index in [0.29, 0.717) is 12.5 Å². The number of nitrogens with zero attached hydrogens (tertiary/aromatic N) is 3. The van der Waals surface area contributed by atoms with Gasteiger partial charge in [-0.1, -0.05) is 30.0 Å². The maximum Gasteiger partial charge on any atom is 0.242 e. The molecule has 0 unspecified atom stereocenters. The Morgan fingerprint density at radius 2 is 2.00 bits per heavy atom. The van der Waals surface area contributed by atoms with Gasteiger partial charge in [-0.2, -0.15) is 0 Å². The lowest BCUT2D eigenvalue weighted by molar-refractivity contribution is -0.166. The molecule has 2 aliphatic heterocycles. The Kier molecular flexibility index (Phi) is 5.21. The third-order valence-electron chi connectivity index (χ3n) is 6.48. The number of hydrogen-bond donors (Lipinski definition) is 1. The molecule has 0 bridgehead atoms. The van der Waals surface area contributed by atoms with Crippen molar-refractivity contribution in [2.45, 2.75) is 37.3 Å². The fourth-order valence-corrected chi connectivity index (χ4v) is 4.68. The van der Waals surface area contributed by atoms with Gasteiger partial charge in [0.25, 0.3) is 0 Å². The normalized spacial score (nSPS) is 24.7. The van der Waals surface area contributed by atoms with Crippen molar-refractivity contribution >= 4 is 11.8 Å². The minimum atomic E-state index is -0.239. The highest BCUT2D eigenvalue weighted by molar-refractivity contribution is 5.88. The van der Waals surface area contributed by atoms with Crippen LogP contribution in [0.25, 0.3) is 0 Å². The monoisotopic (exact) mass is 415 g/mol. The van der Waals surface area contributed by atoms with Gasteiger partial charge in [0.2, 0.25) is 11.8 Å². The van der Waals surface area contributed by atoms with E-state index in [1.54, 1.807) is 28.3 Å². The summed E-state index contributed by atoms with van der Waals surface area (Å²) >= 11 is 0. The van der Waals surface area contributed by atoms with E-state index < -0.39 is 0 Å². The van der Waals surface area contributed by atoms with E-state index in [9.17, 15) is 14.7 Å². The lowest BCUT2D eigenvalue weighted by Crippen LogP contribution is -2.73. The Balaban J connectivity index is 1.31. The summed E-state index contributed by atoms with van der Waals surface area (Å²) in [4.78, 5) is 33.1. The van der Waals surface area contributed by atoms with Crippen LogP contribution in [-0.2, 0) is 16.0 Å². The summed E-state index contributed by atoms with van der Waals surface area (Å²) in [7, 11) is 0. The molecule has 3 atom stereocenters. The lowest BCUT2D eigenvalue weighted by Gasteiger charge is -2.58. The van der Waals surface area contributed by atoms with E-state index in [0.717, 1.165) is 16.7 Å². The number of carbonyl (C=O) groups is 2. The molecule has 31 heavy (non-hydrogen) atoms. The van der Waals surface area contributed by atoms with Crippen LogP contribution in [0.15, 0.2) is 48.8 Å². The van der Waals surface area contributed by atoms with Crippen molar-refractivity contribution in [2.24, 2.45) is 5.92 Å². The number of aliphatic hydroxyl groups excluding tert-OH is 1. The summed E-state index contributed by atoms with van der Waals surface area (Å²) < 4.78 is 0. The number of rotatable bonds is 4. The maximum atomic E-state index is 12.8. The quantitative estimate of drug-likeness (QED) is 0.770. The minimum Gasteiger partial charge on any atom is -0.394 e. The molecule has 2 aromatic rings. The van der Waals surface area contributed by atoms with Crippen LogP contribution < -0.4 is 0 Å². The molecule has 1 N–H and O–H groups in total. The average Bonchev–Trinajstić information content (AvgIpc) is 3.60. The molecule has 6 nitrogen and oxygen atoms in total. The standard InChI is InChI=1S/C25H25N3O3/c29-16-22-25(20-9-7-18(8-10-20)6-5-17-3-4-17)21-14-27(15-24(31)28(21)22)23(30)12-19-2-1-11-26-13-19/h1-2,7-11,13,17,21-22,25,29H,3-4,12,14-16H2/t21-,22-,25+/m1/s1. The third-order valence-corrected chi connectivity index (χ3v) is 6.48. The summed E-state index contributed by atoms with van der Waals surface area (Å²) in [6.07, 6.45) is 5.99. The molecule has 1 aromatic heterocycles. The van der Waals surface area contributed by atoms with Crippen LogP contribution >= 0.6 is 0 Å². The highest BCUT2D eigenvalue weighted by atomic mass is 16.3. The van der Waals surface area contributed by atoms with E-state index in [-0.39, 0.29) is 49.4 Å². The molecule has 158 valence electrons. The van der Waals surface area contributed by atoms with Gasteiger partial charge >= 0.3 is 0 Å². The number of hydrogen-bond acceptors (Lipinski definition) is 4. The topological polar surface area (TPSA) is 73.7 Å². The largest absolute Gasteiger partial charge is 0.394 e. The summed E-state index contributed by atoms with van der Waals surface area (Å²) in [6.45, 7) is 0.462. The Bertz CT molecular complexity index is 1040. The molecule has 3 fully saturated rings. The zero-order chi connectivity index (χ0) is 21.4. The van der Waals surface area contributed by atoms with Crippen molar-refractivity contribution in [3.8, 4) is 11.8 Å². The molecule has 1 aromatic carbocycles. The van der Waals surface area contributed by atoms with Gasteiger partial charge in [0.1, 0.15) is 0 Å². The van der Waals surface area contributed by atoms with Crippen molar-refractivity contribution in [2.75, 3.05) is 19.7 Å². The summed E-state index contributed by atoms with van der Waals surface area (Å²) in [5, 5.41) is 9.95. The van der Waals surface area contributed by atoms with Crippen LogP contribution in [0.2, 0.25) is 0 Å². The first-order chi connectivity index (χ1) is 15.1. The van der Waals surface area contributed by atoms with Gasteiger partial charge in [0.15, 0.2) is 0 Å². The number of aromatic nitrogens is 1. The third kappa shape index (κ3) is 3.94. The van der Waals surface area contributed by atoms with Crippen LogP contribution in [0.1, 0.15) is 35.4 Å². The van der Waals surface area contributed by atoms with E-state index in [1.165, 1.54) is 12.8 Å². The summed E-state index contributed by atoms with van der Waals surface area (Å²) in [5.41, 5.74) is 2.90. The van der Waals surface area contributed by atoms with Gasteiger partial charge in [-0.15, -0.1) is 0 Å². The van der Waals surface area contributed by atoms with Crippen molar-refractivity contribution < 1.29 is 14.7 Å². The number of fused-ring (bicyclic) bond motifs is 1. The SMILES string of the molecule is O=C(Cc1cccnc1)N1CC(=O)N2[C@H](CO)[C@@H](c3ccc(C#CC4CC4)cc3)[C@H]2C1. The predicted octanol–water partition coefficient (Wildman–Crippen LogP) is 1.58. The fourth-order valence-electron chi connectivity index (χ4n) is 4.68. The van der Waals surface area contributed by atoms with Gasteiger partial charge in [0.05, 0.1) is 31.7 Å². The van der Waals surface area contributed by atoms with Crippen molar-refractivity contribution in [1.82, 2.24) is 14.8 Å². The van der Waals surface area contributed by atoms with Crippen molar-refractivity contribution in [1.29, 1.82) is 0 Å². The fraction of sp³-hybridized carbons (Fsp3) is 0.400. The Morgan fingerprint density at radius 3 is 2.68 bits per heavy atom. The predicted molar refractivity (Wildman–Crippen MR) is 115 cm³/mol. The molecule has 0 radical (unpaired) electrons. The molecular weight excluding hydrogens is 390 g/mol. The van der Waals surface area contributed by atoms with Gasteiger partial charge in [-0.3, -0.25) is 14.6 Å². The van der Waals surface area contributed by atoms with Gasteiger partial charge in [-0.05, 0) is 42.2 Å². The molecule has 5 rings (SSSR count). The highest BCUT2D eigenvalue weighted by Crippen LogP contribution is 2.43. The van der Waals surface area contributed by atoms with Crippen molar-refractivity contribution in [3.63, 3.8) is 0 Å². The number of pyridine rings is 1. The van der Waals surface area contributed by atoms with Crippen LogP contribution in [-0.4, -0.2) is 63.5 Å². The van der Waals surface area contributed by atoms with E-state index in [1.807, 2.05) is 30.3 Å². The lowest BCUT2D eigenvalue weighted by atomic mass is 9.73. The van der Waals surface area contributed by atoms with Crippen LogP contribution in [0.5, 0.6) is 0 Å². The zero-order valence-corrected chi connectivity index (χ0v) is 17.3. The van der Waals surface area contributed by atoms with Crippen LogP contribution in [0.3, 0.4) is 0 Å². The highest BCUT2D eigenvalue weighted by Gasteiger charge is 2.54. The first-order valence-corrected chi connectivity index (χ1v) is 10.8. The average molecular weight is 415 g/mol. The van der Waals surface area contributed by atoms with Crippen LogP contribution in [0, 0.1) is 17.8 Å². The number of carbonyl (C=O) groups excluding carboxylic acids is 2. The number of benzene rings is 1. The maximum absolute atomic E-state index is 12.8. The van der Waals surface area contributed by atoms with Gasteiger partial charge < -0.3 is 14.9 Å². The second-order valence-electron chi connectivity index (χ2n) is 8.62. The molecule has 3 aliphatic rings. The first kappa shape index (κ1) is 19.8. The Labute approximate surface area is 181 Å². The molecular formula is C25H25N3O3. The molecule has 2 saturated heterocycles. The first-order valence-electron chi connectivity index (χ1n) is 10.8. The molecule has 3 heterocycles. The molecule has 6 heteroatoms. The Morgan fingerprint density at radius 1 is 1.19 bits per heavy atom. The molecule has 2 amide bonds. The number of piperazine rings is 1. The molecule has 0 spiro atoms. The van der Waals surface area contributed by atoms with Crippen molar-refractivity contribution in [3.05, 3.63) is 65.5 Å². The van der Waals surface area contributed by atoms with Gasteiger partial charge in [0, 0.05) is 36.3 Å². The number of amides is 2. The molecule has 1 aliphatic carbocycles. The smallest absolute Gasteiger partial charge is 0.242 e. The summed E-state index contributed by atoms with van der Waals surface area (Å²) in [6, 6.07) is 11.4. The second kappa shape index (κ2) is 8.16. The van der Waals surface area contributed by atoms with E-state index >= 15 is 0 Å². The zero-order valence-electron chi connectivity index (χ0n) is 17.3. The minimum absolute atomic E-state index is 0.00776. The number of aliphatic hydroxyl groups is 1. The second-order valence-corrected chi connectivity index (χ2v) is 8.62. The van der Waals surface area contributed by atoms with E-state index in [4.69, 9.17) is 0 Å². The summed E-state index contributed by atoms with van der Waals surface area (Å²) in [5.74, 6) is 6.88. The van der Waals surface area contributed by atoms with E-state index in [2.05, 4.69) is 16.8 Å². The van der Waals surface area contributed by atoms with Crippen LogP contribution in [0.4, 0.5) is 0 Å². The Hall–Kier alpha value is -3.17.